The standard InChI is InChI=1S/C46H80O2/c1-10-11-12-13-14-15-16-17-18-19-20-21-22-23-40(47)48-39-28-30-44(7)37(42(39,4)5)27-31-46(9)38(44)25-24-36-41-35(34(2)3)26-29-43(41,6)32-33-45(36,46)8/h35-39,41H,2,10-33H2,1,3-9H3/t35-,36-,37+,38-,39+,41-,43-,44+,45-,46-/m1/s1. The summed E-state index contributed by atoms with van der Waals surface area (Å²) in [5.41, 5.74) is 3.19. The average molecular weight is 665 g/mol. The molecule has 0 spiro atoms. The summed E-state index contributed by atoms with van der Waals surface area (Å²) >= 11 is 0. The van der Waals surface area contributed by atoms with Crippen molar-refractivity contribution < 1.29 is 9.53 Å². The van der Waals surface area contributed by atoms with Crippen molar-refractivity contribution in [1.82, 2.24) is 0 Å². The number of fused-ring (bicyclic) bond motifs is 7. The number of allylic oxidation sites excluding steroid dienone is 1. The Hall–Kier alpha value is -0.790. The highest BCUT2D eigenvalue weighted by molar-refractivity contribution is 5.69. The topological polar surface area (TPSA) is 26.3 Å². The van der Waals surface area contributed by atoms with Crippen LogP contribution in [0.4, 0.5) is 0 Å². The predicted molar refractivity (Wildman–Crippen MR) is 205 cm³/mol. The van der Waals surface area contributed by atoms with E-state index in [0.29, 0.717) is 34.0 Å². The first-order valence-electron chi connectivity index (χ1n) is 21.6. The second-order valence-electron chi connectivity index (χ2n) is 20.2. The van der Waals surface area contributed by atoms with E-state index in [-0.39, 0.29) is 17.5 Å². The molecule has 5 fully saturated rings. The van der Waals surface area contributed by atoms with Crippen molar-refractivity contribution in [2.24, 2.45) is 56.7 Å². The minimum atomic E-state index is 0.0411. The lowest BCUT2D eigenvalue weighted by atomic mass is 9.32. The zero-order valence-electron chi connectivity index (χ0n) is 33.5. The third-order valence-corrected chi connectivity index (χ3v) is 17.2. The van der Waals surface area contributed by atoms with Gasteiger partial charge in [0.1, 0.15) is 6.10 Å². The second kappa shape index (κ2) is 15.4. The summed E-state index contributed by atoms with van der Waals surface area (Å²) in [5.74, 6) is 3.89. The molecule has 0 aromatic heterocycles. The third kappa shape index (κ3) is 7.14. The molecule has 0 aliphatic heterocycles. The Bertz CT molecular complexity index is 1090. The van der Waals surface area contributed by atoms with Crippen molar-refractivity contribution in [2.45, 2.75) is 216 Å². The smallest absolute Gasteiger partial charge is 0.306 e. The summed E-state index contributed by atoms with van der Waals surface area (Å²) < 4.78 is 6.42. The van der Waals surface area contributed by atoms with Gasteiger partial charge in [0.25, 0.3) is 0 Å². The Morgan fingerprint density at radius 1 is 0.646 bits per heavy atom. The first kappa shape index (κ1) is 38.4. The van der Waals surface area contributed by atoms with Crippen LogP contribution in [0.3, 0.4) is 0 Å². The van der Waals surface area contributed by atoms with E-state index in [2.05, 4.69) is 62.0 Å². The van der Waals surface area contributed by atoms with E-state index < -0.39 is 0 Å². The molecule has 5 aliphatic carbocycles. The van der Waals surface area contributed by atoms with Crippen molar-refractivity contribution in [2.75, 3.05) is 0 Å². The predicted octanol–water partition coefficient (Wildman–Crippen LogP) is 14.1. The molecule has 5 rings (SSSR count). The molecular formula is C46H80O2. The third-order valence-electron chi connectivity index (χ3n) is 17.2. The Morgan fingerprint density at radius 2 is 1.25 bits per heavy atom. The van der Waals surface area contributed by atoms with Crippen molar-refractivity contribution in [3.8, 4) is 0 Å². The molecule has 0 aromatic rings. The number of rotatable bonds is 16. The molecule has 0 N–H and O–H groups in total. The van der Waals surface area contributed by atoms with Gasteiger partial charge in [0, 0.05) is 11.8 Å². The maximum Gasteiger partial charge on any atom is 0.306 e. The van der Waals surface area contributed by atoms with Gasteiger partial charge in [-0.3, -0.25) is 4.79 Å². The fourth-order valence-corrected chi connectivity index (χ4v) is 14.2. The highest BCUT2D eigenvalue weighted by atomic mass is 16.5. The van der Waals surface area contributed by atoms with Crippen molar-refractivity contribution in [1.29, 1.82) is 0 Å². The number of carbonyl (C=O) groups excluding carboxylic acids is 1. The maximum absolute atomic E-state index is 13.2. The van der Waals surface area contributed by atoms with Crippen LogP contribution in [0, 0.1) is 56.7 Å². The summed E-state index contributed by atoms with van der Waals surface area (Å²) in [6, 6.07) is 0. The number of hydrogen-bond acceptors (Lipinski definition) is 2. The van der Waals surface area contributed by atoms with Gasteiger partial charge in [0.15, 0.2) is 0 Å². The highest BCUT2D eigenvalue weighted by Gasteiger charge is 2.70. The van der Waals surface area contributed by atoms with Crippen LogP contribution in [0.5, 0.6) is 0 Å². The Morgan fingerprint density at radius 3 is 1.85 bits per heavy atom. The zero-order valence-corrected chi connectivity index (χ0v) is 33.5. The van der Waals surface area contributed by atoms with Crippen LogP contribution >= 0.6 is 0 Å². The fraction of sp³-hybridized carbons (Fsp3) is 0.935. The normalized spacial score (nSPS) is 41.5. The quantitative estimate of drug-likeness (QED) is 0.0932. The first-order chi connectivity index (χ1) is 22.7. The van der Waals surface area contributed by atoms with Gasteiger partial charge in [-0.2, -0.15) is 0 Å². The maximum atomic E-state index is 13.2. The molecule has 0 amide bonds. The van der Waals surface area contributed by atoms with Gasteiger partial charge >= 0.3 is 5.97 Å². The van der Waals surface area contributed by atoms with E-state index in [9.17, 15) is 4.79 Å². The van der Waals surface area contributed by atoms with E-state index in [1.54, 1.807) is 0 Å². The van der Waals surface area contributed by atoms with Gasteiger partial charge in [-0.05, 0) is 129 Å². The Kier molecular flexibility index (Phi) is 12.4. The van der Waals surface area contributed by atoms with Crippen LogP contribution < -0.4 is 0 Å². The SMILES string of the molecule is C=C(C)[C@H]1CC[C@]2(C)CC[C@]3(C)[C@H](CC[C@@H]4[C@@]5(C)CC[C@H](OC(=O)CCCCCCCCCCCCCCC)C(C)(C)[C@@H]5CC[C@]43C)[C@@H]12. The molecule has 276 valence electrons. The molecule has 0 heterocycles. The summed E-state index contributed by atoms with van der Waals surface area (Å²) in [6.45, 7) is 25.0. The summed E-state index contributed by atoms with van der Waals surface area (Å²) in [5, 5.41) is 0. The van der Waals surface area contributed by atoms with Crippen LogP contribution in [0.25, 0.3) is 0 Å². The van der Waals surface area contributed by atoms with Crippen LogP contribution in [0.15, 0.2) is 12.2 Å². The van der Waals surface area contributed by atoms with Crippen LogP contribution in [-0.2, 0) is 9.53 Å². The molecule has 10 atom stereocenters. The van der Waals surface area contributed by atoms with Crippen LogP contribution in [0.2, 0.25) is 0 Å². The molecule has 48 heavy (non-hydrogen) atoms. The first-order valence-corrected chi connectivity index (χ1v) is 21.6. The van der Waals surface area contributed by atoms with Gasteiger partial charge in [-0.15, -0.1) is 0 Å². The molecule has 5 saturated carbocycles. The van der Waals surface area contributed by atoms with E-state index in [4.69, 9.17) is 4.74 Å². The fourth-order valence-electron chi connectivity index (χ4n) is 14.2. The molecule has 0 unspecified atom stereocenters. The molecule has 2 nitrogen and oxygen atoms in total. The van der Waals surface area contributed by atoms with E-state index >= 15 is 0 Å². The van der Waals surface area contributed by atoms with Gasteiger partial charge in [0.05, 0.1) is 0 Å². The number of unbranched alkanes of at least 4 members (excludes halogenated alkanes) is 12. The van der Waals surface area contributed by atoms with Gasteiger partial charge < -0.3 is 4.74 Å². The molecule has 0 saturated heterocycles. The lowest BCUT2D eigenvalue weighted by Crippen LogP contribution is -2.66. The number of carbonyl (C=O) groups is 1. The van der Waals surface area contributed by atoms with Gasteiger partial charge in [0.2, 0.25) is 0 Å². The largest absolute Gasteiger partial charge is 0.462 e. The summed E-state index contributed by atoms with van der Waals surface area (Å²) in [7, 11) is 0. The molecule has 2 heteroatoms. The number of esters is 1. The summed E-state index contributed by atoms with van der Waals surface area (Å²) in [4.78, 5) is 13.2. The Balaban J connectivity index is 1.11. The molecule has 0 radical (unpaired) electrons. The zero-order chi connectivity index (χ0) is 34.8. The van der Waals surface area contributed by atoms with Crippen molar-refractivity contribution in [3.05, 3.63) is 12.2 Å². The lowest BCUT2D eigenvalue weighted by Gasteiger charge is -2.73. The highest BCUT2D eigenvalue weighted by Crippen LogP contribution is 2.77. The minimum Gasteiger partial charge on any atom is -0.462 e. The van der Waals surface area contributed by atoms with Gasteiger partial charge in [-0.1, -0.05) is 138 Å². The van der Waals surface area contributed by atoms with Gasteiger partial charge in [-0.25, -0.2) is 0 Å². The van der Waals surface area contributed by atoms with E-state index in [1.807, 2.05) is 0 Å². The average Bonchev–Trinajstić information content (AvgIpc) is 3.39. The van der Waals surface area contributed by atoms with Crippen molar-refractivity contribution >= 4 is 5.97 Å². The van der Waals surface area contributed by atoms with E-state index in [1.165, 1.54) is 140 Å². The van der Waals surface area contributed by atoms with Crippen LogP contribution in [0.1, 0.15) is 209 Å². The van der Waals surface area contributed by atoms with Crippen LogP contribution in [-0.4, -0.2) is 12.1 Å². The number of ether oxygens (including phenoxy) is 1. The molecule has 0 bridgehead atoms. The van der Waals surface area contributed by atoms with E-state index in [0.717, 1.165) is 36.5 Å². The molecule has 0 aromatic carbocycles. The number of hydrogen-bond donors (Lipinski definition) is 0. The molecule has 5 aliphatic rings. The van der Waals surface area contributed by atoms with Crippen molar-refractivity contribution in [3.63, 3.8) is 0 Å². The Labute approximate surface area is 299 Å². The minimum absolute atomic E-state index is 0.0411. The molecular weight excluding hydrogens is 585 g/mol. The monoisotopic (exact) mass is 665 g/mol. The summed E-state index contributed by atoms with van der Waals surface area (Å²) in [6.07, 6.45) is 31.4. The lowest BCUT2D eigenvalue weighted by molar-refractivity contribution is -0.249. The second-order valence-corrected chi connectivity index (χ2v) is 20.2.